The molecule has 1 aliphatic carbocycles. The first kappa shape index (κ1) is 19.7. The van der Waals surface area contributed by atoms with E-state index in [-0.39, 0.29) is 17.9 Å². The standard InChI is InChI=1S/C18H17ClF3N5O2/c19-14-9-15-17(24-16(14)23-10-4-6-12(28)7-5-10)27(26-25-15)11-2-1-3-13(8-11)29-18(20,21)22/h1-3,8-10,12,28H,4-7H2,(H,23,24). The van der Waals surface area contributed by atoms with E-state index in [1.807, 2.05) is 0 Å². The molecular formula is C18H17ClF3N5O2. The van der Waals surface area contributed by atoms with Crippen molar-refractivity contribution >= 4 is 28.6 Å². The Kier molecular flexibility index (Phi) is 5.22. The molecule has 7 nitrogen and oxygen atoms in total. The molecule has 2 aromatic heterocycles. The summed E-state index contributed by atoms with van der Waals surface area (Å²) < 4.78 is 42.8. The smallest absolute Gasteiger partial charge is 0.406 e. The van der Waals surface area contributed by atoms with Gasteiger partial charge in [-0.15, -0.1) is 18.3 Å². The molecule has 11 heteroatoms. The van der Waals surface area contributed by atoms with Crippen molar-refractivity contribution in [1.29, 1.82) is 0 Å². The van der Waals surface area contributed by atoms with Gasteiger partial charge in [0.15, 0.2) is 5.65 Å². The van der Waals surface area contributed by atoms with Crippen LogP contribution in [0.1, 0.15) is 25.7 Å². The second-order valence-corrected chi connectivity index (χ2v) is 7.26. The van der Waals surface area contributed by atoms with Gasteiger partial charge in [0, 0.05) is 12.1 Å². The fraction of sp³-hybridized carbons (Fsp3) is 0.389. The third kappa shape index (κ3) is 4.54. The monoisotopic (exact) mass is 427 g/mol. The van der Waals surface area contributed by atoms with Crippen molar-refractivity contribution in [2.45, 2.75) is 44.2 Å². The Morgan fingerprint density at radius 1 is 1.17 bits per heavy atom. The Morgan fingerprint density at radius 2 is 1.93 bits per heavy atom. The van der Waals surface area contributed by atoms with Gasteiger partial charge < -0.3 is 15.2 Å². The fourth-order valence-corrected chi connectivity index (χ4v) is 3.54. The molecule has 0 amide bonds. The number of hydrogen-bond donors (Lipinski definition) is 2. The maximum Gasteiger partial charge on any atom is 0.573 e. The number of aliphatic hydroxyl groups is 1. The van der Waals surface area contributed by atoms with Crippen molar-refractivity contribution < 1.29 is 23.0 Å². The number of fused-ring (bicyclic) bond motifs is 1. The Balaban J connectivity index is 1.65. The number of nitrogens with one attached hydrogen (secondary N) is 1. The second kappa shape index (κ2) is 7.68. The van der Waals surface area contributed by atoms with Crippen molar-refractivity contribution in [3.8, 4) is 11.4 Å². The quantitative estimate of drug-likeness (QED) is 0.652. The molecule has 29 heavy (non-hydrogen) atoms. The molecule has 0 saturated heterocycles. The maximum absolute atomic E-state index is 12.5. The number of ether oxygens (including phenoxy) is 1. The van der Waals surface area contributed by atoms with Crippen LogP contribution in [-0.2, 0) is 0 Å². The first-order chi connectivity index (χ1) is 13.8. The number of aliphatic hydroxyl groups excluding tert-OH is 1. The molecule has 0 unspecified atom stereocenters. The van der Waals surface area contributed by atoms with Gasteiger partial charge in [0.05, 0.1) is 16.8 Å². The molecule has 0 spiro atoms. The summed E-state index contributed by atoms with van der Waals surface area (Å²) in [7, 11) is 0. The number of nitrogens with zero attached hydrogens (tertiary/aromatic N) is 4. The van der Waals surface area contributed by atoms with Gasteiger partial charge in [-0.1, -0.05) is 22.9 Å². The summed E-state index contributed by atoms with van der Waals surface area (Å²) in [4.78, 5) is 4.50. The highest BCUT2D eigenvalue weighted by atomic mass is 35.5. The van der Waals surface area contributed by atoms with E-state index in [1.54, 1.807) is 12.1 Å². The minimum Gasteiger partial charge on any atom is -0.406 e. The number of rotatable bonds is 4. The predicted octanol–water partition coefficient (Wildman–Crippen LogP) is 4.08. The lowest BCUT2D eigenvalue weighted by Crippen LogP contribution is -2.28. The normalized spacial score (nSPS) is 20.0. The van der Waals surface area contributed by atoms with Crippen LogP contribution < -0.4 is 10.1 Å². The molecule has 0 aliphatic heterocycles. The largest absolute Gasteiger partial charge is 0.573 e. The van der Waals surface area contributed by atoms with E-state index in [4.69, 9.17) is 11.6 Å². The lowest BCUT2D eigenvalue weighted by atomic mass is 9.93. The number of pyridine rings is 1. The molecule has 0 bridgehead atoms. The minimum atomic E-state index is -4.79. The van der Waals surface area contributed by atoms with Crippen LogP contribution in [0, 0.1) is 0 Å². The average molecular weight is 428 g/mol. The number of aromatic nitrogens is 4. The zero-order valence-corrected chi connectivity index (χ0v) is 15.8. The molecule has 1 aliphatic rings. The van der Waals surface area contributed by atoms with E-state index in [0.717, 1.165) is 12.8 Å². The first-order valence-electron chi connectivity index (χ1n) is 9.01. The molecule has 1 fully saturated rings. The van der Waals surface area contributed by atoms with Gasteiger partial charge in [-0.25, -0.2) is 4.98 Å². The highest BCUT2D eigenvalue weighted by Crippen LogP contribution is 2.30. The lowest BCUT2D eigenvalue weighted by Gasteiger charge is -2.26. The number of alkyl halides is 3. The van der Waals surface area contributed by atoms with Crippen LogP contribution in [0.15, 0.2) is 30.3 Å². The first-order valence-corrected chi connectivity index (χ1v) is 9.39. The van der Waals surface area contributed by atoms with E-state index < -0.39 is 6.36 Å². The van der Waals surface area contributed by atoms with Crippen LogP contribution in [-0.4, -0.2) is 43.6 Å². The van der Waals surface area contributed by atoms with E-state index in [2.05, 4.69) is 25.3 Å². The van der Waals surface area contributed by atoms with Gasteiger partial charge in [0.2, 0.25) is 0 Å². The van der Waals surface area contributed by atoms with Crippen molar-refractivity contribution in [3.05, 3.63) is 35.4 Å². The summed E-state index contributed by atoms with van der Waals surface area (Å²) in [5.41, 5.74) is 1.06. The van der Waals surface area contributed by atoms with Crippen LogP contribution in [0.4, 0.5) is 19.0 Å². The maximum atomic E-state index is 12.5. The van der Waals surface area contributed by atoms with Crippen LogP contribution in [0.2, 0.25) is 5.02 Å². The minimum absolute atomic E-state index is 0.119. The molecule has 0 atom stereocenters. The Labute approximate surface area is 168 Å². The molecule has 4 rings (SSSR count). The number of benzene rings is 1. The number of hydrogen-bond acceptors (Lipinski definition) is 6. The molecule has 154 valence electrons. The van der Waals surface area contributed by atoms with Crippen LogP contribution in [0.5, 0.6) is 5.75 Å². The van der Waals surface area contributed by atoms with E-state index in [0.29, 0.717) is 40.5 Å². The molecular weight excluding hydrogens is 411 g/mol. The van der Waals surface area contributed by atoms with Gasteiger partial charge in [-0.3, -0.25) is 0 Å². The Morgan fingerprint density at radius 3 is 2.66 bits per heavy atom. The van der Waals surface area contributed by atoms with E-state index in [1.165, 1.54) is 22.9 Å². The molecule has 0 radical (unpaired) electrons. The predicted molar refractivity (Wildman–Crippen MR) is 100 cm³/mol. The highest BCUT2D eigenvalue weighted by molar-refractivity contribution is 6.33. The Bertz CT molecular complexity index is 1020. The lowest BCUT2D eigenvalue weighted by molar-refractivity contribution is -0.274. The van der Waals surface area contributed by atoms with E-state index in [9.17, 15) is 18.3 Å². The van der Waals surface area contributed by atoms with Gasteiger partial charge >= 0.3 is 6.36 Å². The highest BCUT2D eigenvalue weighted by Gasteiger charge is 2.31. The van der Waals surface area contributed by atoms with Crippen molar-refractivity contribution in [2.75, 3.05) is 5.32 Å². The molecule has 3 aromatic rings. The summed E-state index contributed by atoms with van der Waals surface area (Å²) in [5, 5.41) is 21.3. The summed E-state index contributed by atoms with van der Waals surface area (Å²) in [5.74, 6) is 0.0681. The summed E-state index contributed by atoms with van der Waals surface area (Å²) in [6.45, 7) is 0. The SMILES string of the molecule is OC1CCC(Nc2nc3c(cc2Cl)nnn3-c2cccc(OC(F)(F)F)c2)CC1. The zero-order valence-electron chi connectivity index (χ0n) is 15.0. The van der Waals surface area contributed by atoms with Gasteiger partial charge in [0.1, 0.15) is 17.1 Å². The van der Waals surface area contributed by atoms with Gasteiger partial charge in [0.25, 0.3) is 0 Å². The molecule has 2 heterocycles. The molecule has 1 aromatic carbocycles. The van der Waals surface area contributed by atoms with Gasteiger partial charge in [-0.05, 0) is 43.9 Å². The fourth-order valence-electron chi connectivity index (χ4n) is 3.34. The molecule has 2 N–H and O–H groups in total. The van der Waals surface area contributed by atoms with Crippen LogP contribution >= 0.6 is 11.6 Å². The number of anilines is 1. The Hall–Kier alpha value is -2.59. The van der Waals surface area contributed by atoms with Crippen molar-refractivity contribution in [2.24, 2.45) is 0 Å². The zero-order chi connectivity index (χ0) is 20.6. The average Bonchev–Trinajstić information content (AvgIpc) is 3.05. The van der Waals surface area contributed by atoms with Crippen molar-refractivity contribution in [3.63, 3.8) is 0 Å². The topological polar surface area (TPSA) is 85.1 Å². The number of halogens is 4. The second-order valence-electron chi connectivity index (χ2n) is 6.86. The summed E-state index contributed by atoms with van der Waals surface area (Å²) in [6.07, 6.45) is -2.11. The third-order valence-electron chi connectivity index (χ3n) is 4.71. The third-order valence-corrected chi connectivity index (χ3v) is 5.00. The van der Waals surface area contributed by atoms with Crippen molar-refractivity contribution in [1.82, 2.24) is 20.0 Å². The van der Waals surface area contributed by atoms with E-state index >= 15 is 0 Å². The summed E-state index contributed by atoms with van der Waals surface area (Å²) >= 11 is 6.31. The summed E-state index contributed by atoms with van der Waals surface area (Å²) in [6, 6.07) is 7.12. The van der Waals surface area contributed by atoms with Gasteiger partial charge in [-0.2, -0.15) is 4.68 Å². The van der Waals surface area contributed by atoms with Crippen LogP contribution in [0.25, 0.3) is 16.9 Å². The van der Waals surface area contributed by atoms with Crippen LogP contribution in [0.3, 0.4) is 0 Å². The molecule has 1 saturated carbocycles.